The fraction of sp³-hybridized carbons (Fsp3) is 0.333. The van der Waals surface area contributed by atoms with Crippen molar-refractivity contribution in [2.45, 2.75) is 13.0 Å². The molecule has 0 aliphatic carbocycles. The van der Waals surface area contributed by atoms with E-state index >= 15 is 0 Å². The molecule has 1 aromatic rings. The minimum absolute atomic E-state index is 0.0303. The predicted molar refractivity (Wildman–Crippen MR) is 48.8 cm³/mol. The Morgan fingerprint density at radius 2 is 1.91 bits per heavy atom. The molecule has 0 bridgehead atoms. The summed E-state index contributed by atoms with van der Waals surface area (Å²) in [5, 5.41) is 0. The van der Waals surface area contributed by atoms with Crippen molar-refractivity contribution in [1.82, 2.24) is 0 Å². The van der Waals surface area contributed by atoms with Crippen molar-refractivity contribution < 1.29 is 0 Å². The standard InChI is InChI=1S/C9H12ClN/c1-7-2-4-8(5-3-7)9(11)6-10/h2-5,9H,6,11H2,1H3/t9-/m0/s1. The van der Waals surface area contributed by atoms with E-state index in [9.17, 15) is 0 Å². The van der Waals surface area contributed by atoms with E-state index in [0.29, 0.717) is 5.88 Å². The van der Waals surface area contributed by atoms with Crippen LogP contribution in [0.1, 0.15) is 17.2 Å². The molecule has 1 nitrogen and oxygen atoms in total. The first-order valence-electron chi connectivity index (χ1n) is 3.62. The lowest BCUT2D eigenvalue weighted by atomic mass is 10.1. The van der Waals surface area contributed by atoms with Gasteiger partial charge in [0.05, 0.1) is 0 Å². The third kappa shape index (κ3) is 2.21. The first kappa shape index (κ1) is 8.57. The normalized spacial score (nSPS) is 13.0. The molecule has 0 fully saturated rings. The topological polar surface area (TPSA) is 26.0 Å². The quantitative estimate of drug-likeness (QED) is 0.676. The highest BCUT2D eigenvalue weighted by molar-refractivity contribution is 6.18. The highest BCUT2D eigenvalue weighted by Gasteiger charge is 2.01. The lowest BCUT2D eigenvalue weighted by Crippen LogP contribution is -2.11. The Labute approximate surface area is 72.2 Å². The van der Waals surface area contributed by atoms with Crippen LogP contribution in [0.5, 0.6) is 0 Å². The number of halogens is 1. The van der Waals surface area contributed by atoms with Gasteiger partial charge in [-0.25, -0.2) is 0 Å². The second-order valence-electron chi connectivity index (χ2n) is 2.67. The average Bonchev–Trinajstić information content (AvgIpc) is 2.05. The smallest absolute Gasteiger partial charge is 0.0432 e. The van der Waals surface area contributed by atoms with Crippen LogP contribution in [-0.2, 0) is 0 Å². The maximum Gasteiger partial charge on any atom is 0.0432 e. The molecule has 60 valence electrons. The van der Waals surface area contributed by atoms with Crippen molar-refractivity contribution in [1.29, 1.82) is 0 Å². The molecular weight excluding hydrogens is 158 g/mol. The van der Waals surface area contributed by atoms with Crippen LogP contribution in [0.2, 0.25) is 0 Å². The third-order valence-corrected chi connectivity index (χ3v) is 2.00. The molecule has 0 heterocycles. The van der Waals surface area contributed by atoms with Crippen LogP contribution in [0, 0.1) is 6.92 Å². The summed E-state index contributed by atoms with van der Waals surface area (Å²) in [6.07, 6.45) is 0. The summed E-state index contributed by atoms with van der Waals surface area (Å²) >= 11 is 5.60. The van der Waals surface area contributed by atoms with E-state index in [-0.39, 0.29) is 6.04 Å². The van der Waals surface area contributed by atoms with E-state index in [4.69, 9.17) is 17.3 Å². The molecule has 0 saturated heterocycles. The first-order valence-corrected chi connectivity index (χ1v) is 4.15. The van der Waals surface area contributed by atoms with E-state index in [0.717, 1.165) is 5.56 Å². The molecule has 1 atom stereocenters. The van der Waals surface area contributed by atoms with Gasteiger partial charge in [0.25, 0.3) is 0 Å². The van der Waals surface area contributed by atoms with Crippen molar-refractivity contribution >= 4 is 11.6 Å². The minimum atomic E-state index is -0.0303. The predicted octanol–water partition coefficient (Wildman–Crippen LogP) is 2.23. The van der Waals surface area contributed by atoms with Crippen molar-refractivity contribution in [3.05, 3.63) is 35.4 Å². The van der Waals surface area contributed by atoms with Crippen LogP contribution < -0.4 is 5.73 Å². The zero-order valence-corrected chi connectivity index (χ0v) is 7.31. The minimum Gasteiger partial charge on any atom is -0.323 e. The first-order chi connectivity index (χ1) is 5.24. The van der Waals surface area contributed by atoms with Gasteiger partial charge in [-0.15, -0.1) is 11.6 Å². The van der Waals surface area contributed by atoms with Crippen molar-refractivity contribution in [2.24, 2.45) is 5.73 Å². The molecule has 0 unspecified atom stereocenters. The lowest BCUT2D eigenvalue weighted by Gasteiger charge is -2.07. The molecule has 0 aromatic heterocycles. The largest absolute Gasteiger partial charge is 0.323 e. The van der Waals surface area contributed by atoms with Gasteiger partial charge in [-0.05, 0) is 12.5 Å². The summed E-state index contributed by atoms with van der Waals surface area (Å²) < 4.78 is 0. The van der Waals surface area contributed by atoms with Gasteiger partial charge in [0, 0.05) is 11.9 Å². The van der Waals surface area contributed by atoms with Gasteiger partial charge in [0.1, 0.15) is 0 Å². The van der Waals surface area contributed by atoms with Crippen LogP contribution >= 0.6 is 11.6 Å². The van der Waals surface area contributed by atoms with Crippen LogP contribution in [0.25, 0.3) is 0 Å². The number of nitrogens with two attached hydrogens (primary N) is 1. The van der Waals surface area contributed by atoms with Crippen molar-refractivity contribution in [3.63, 3.8) is 0 Å². The molecule has 1 rings (SSSR count). The van der Waals surface area contributed by atoms with E-state index in [1.165, 1.54) is 5.56 Å². The number of alkyl halides is 1. The Hall–Kier alpha value is -0.530. The number of benzene rings is 1. The number of hydrogen-bond donors (Lipinski definition) is 1. The molecular formula is C9H12ClN. The Bertz CT molecular complexity index is 218. The summed E-state index contributed by atoms with van der Waals surface area (Å²) in [6, 6.07) is 8.09. The second kappa shape index (κ2) is 3.74. The maximum atomic E-state index is 5.71. The molecule has 0 saturated carbocycles. The monoisotopic (exact) mass is 169 g/mol. The van der Waals surface area contributed by atoms with E-state index in [1.807, 2.05) is 24.3 Å². The van der Waals surface area contributed by atoms with Gasteiger partial charge in [0.15, 0.2) is 0 Å². The average molecular weight is 170 g/mol. The van der Waals surface area contributed by atoms with E-state index < -0.39 is 0 Å². The zero-order valence-electron chi connectivity index (χ0n) is 6.55. The van der Waals surface area contributed by atoms with Gasteiger partial charge in [0.2, 0.25) is 0 Å². The Kier molecular flexibility index (Phi) is 2.92. The lowest BCUT2D eigenvalue weighted by molar-refractivity contribution is 0.826. The van der Waals surface area contributed by atoms with Gasteiger partial charge >= 0.3 is 0 Å². The number of rotatable bonds is 2. The van der Waals surface area contributed by atoms with Crippen molar-refractivity contribution in [2.75, 3.05) is 5.88 Å². The van der Waals surface area contributed by atoms with Crippen LogP contribution in [-0.4, -0.2) is 5.88 Å². The molecule has 1 aromatic carbocycles. The summed E-state index contributed by atoms with van der Waals surface area (Å²) in [4.78, 5) is 0. The van der Waals surface area contributed by atoms with Crippen molar-refractivity contribution in [3.8, 4) is 0 Å². The zero-order chi connectivity index (χ0) is 8.27. The molecule has 0 amide bonds. The van der Waals surface area contributed by atoms with Gasteiger partial charge in [-0.3, -0.25) is 0 Å². The fourth-order valence-electron chi connectivity index (χ4n) is 0.903. The van der Waals surface area contributed by atoms with Crippen LogP contribution in [0.4, 0.5) is 0 Å². The van der Waals surface area contributed by atoms with Gasteiger partial charge < -0.3 is 5.73 Å². The maximum absolute atomic E-state index is 5.71. The van der Waals surface area contributed by atoms with Gasteiger partial charge in [-0.1, -0.05) is 29.8 Å². The molecule has 11 heavy (non-hydrogen) atoms. The number of hydrogen-bond acceptors (Lipinski definition) is 1. The summed E-state index contributed by atoms with van der Waals surface area (Å²) in [5.74, 6) is 0.475. The Morgan fingerprint density at radius 1 is 1.36 bits per heavy atom. The molecule has 2 N–H and O–H groups in total. The summed E-state index contributed by atoms with van der Waals surface area (Å²) in [7, 11) is 0. The molecule has 0 radical (unpaired) electrons. The molecule has 0 aliphatic heterocycles. The SMILES string of the molecule is Cc1ccc([C@@H](N)CCl)cc1. The van der Waals surface area contributed by atoms with Gasteiger partial charge in [-0.2, -0.15) is 0 Å². The van der Waals surface area contributed by atoms with Crippen LogP contribution in [0.3, 0.4) is 0 Å². The molecule has 0 aliphatic rings. The second-order valence-corrected chi connectivity index (χ2v) is 2.98. The van der Waals surface area contributed by atoms with E-state index in [2.05, 4.69) is 6.92 Å². The molecule has 2 heteroatoms. The summed E-state index contributed by atoms with van der Waals surface area (Å²) in [5.41, 5.74) is 8.06. The van der Waals surface area contributed by atoms with E-state index in [1.54, 1.807) is 0 Å². The fourth-order valence-corrected chi connectivity index (χ4v) is 1.08. The van der Waals surface area contributed by atoms with Crippen LogP contribution in [0.15, 0.2) is 24.3 Å². The Morgan fingerprint density at radius 3 is 2.36 bits per heavy atom. The highest BCUT2D eigenvalue weighted by atomic mass is 35.5. The highest BCUT2D eigenvalue weighted by Crippen LogP contribution is 2.11. The number of aryl methyl sites for hydroxylation is 1. The molecule has 0 spiro atoms. The summed E-state index contributed by atoms with van der Waals surface area (Å²) in [6.45, 7) is 2.05. The third-order valence-electron chi connectivity index (χ3n) is 1.67. The Balaban J connectivity index is 2.81.